The Balaban J connectivity index is 2.21. The smallest absolute Gasteiger partial charge is 0.234 e. The molecule has 1 aliphatic heterocycles. The molecule has 100 valence electrons. The molecule has 1 aromatic carbocycles. The van der Waals surface area contributed by atoms with E-state index in [1.807, 2.05) is 6.07 Å². The molecule has 0 aliphatic carbocycles. The third-order valence-corrected chi connectivity index (χ3v) is 3.42. The monoisotopic (exact) mass is 265 g/mol. The minimum atomic E-state index is -0.910. The molecule has 0 aromatic heterocycles. The van der Waals surface area contributed by atoms with Crippen molar-refractivity contribution in [2.75, 3.05) is 13.1 Å². The van der Waals surface area contributed by atoms with Gasteiger partial charge in [-0.15, -0.1) is 0 Å². The average Bonchev–Trinajstić information content (AvgIpc) is 2.77. The van der Waals surface area contributed by atoms with Crippen molar-refractivity contribution >= 4 is 5.91 Å². The molecule has 1 fully saturated rings. The van der Waals surface area contributed by atoms with Crippen molar-refractivity contribution in [3.63, 3.8) is 0 Å². The van der Waals surface area contributed by atoms with E-state index < -0.39 is 23.6 Å². The predicted octanol–water partition coefficient (Wildman–Crippen LogP) is 1.13. The van der Waals surface area contributed by atoms with Gasteiger partial charge in [-0.05, 0) is 30.0 Å². The summed E-state index contributed by atoms with van der Waals surface area (Å²) in [5.41, 5.74) is 5.90. The molecule has 0 radical (unpaired) electrons. The molecule has 2 rings (SSSR count). The molecule has 2 atom stereocenters. The van der Waals surface area contributed by atoms with Crippen LogP contribution in [-0.4, -0.2) is 29.9 Å². The summed E-state index contributed by atoms with van der Waals surface area (Å²) < 4.78 is 26.1. The van der Waals surface area contributed by atoms with Gasteiger partial charge < -0.3 is 5.73 Å². The van der Waals surface area contributed by atoms with Gasteiger partial charge in [0.1, 0.15) is 0 Å². The van der Waals surface area contributed by atoms with Crippen LogP contribution in [0.15, 0.2) is 18.2 Å². The molecule has 2 N–H and O–H groups in total. The Morgan fingerprint density at radius 2 is 2.21 bits per heavy atom. The zero-order chi connectivity index (χ0) is 14.0. The van der Waals surface area contributed by atoms with E-state index in [9.17, 15) is 13.6 Å². The van der Waals surface area contributed by atoms with E-state index in [0.717, 1.165) is 12.1 Å². The van der Waals surface area contributed by atoms with Gasteiger partial charge in [0.25, 0.3) is 0 Å². The van der Waals surface area contributed by atoms with Crippen LogP contribution in [0.1, 0.15) is 17.9 Å². The summed E-state index contributed by atoms with van der Waals surface area (Å²) in [5, 5.41) is 8.71. The summed E-state index contributed by atoms with van der Waals surface area (Å²) in [7, 11) is 0. The molecule has 0 saturated carbocycles. The highest BCUT2D eigenvalue weighted by molar-refractivity contribution is 5.80. The third-order valence-electron chi connectivity index (χ3n) is 3.42. The van der Waals surface area contributed by atoms with E-state index in [2.05, 4.69) is 0 Å². The Hall–Kier alpha value is -2.00. The number of nitriles is 1. The largest absolute Gasteiger partial charge is 0.368 e. The van der Waals surface area contributed by atoms with E-state index in [1.165, 1.54) is 6.07 Å². The van der Waals surface area contributed by atoms with Gasteiger partial charge in [-0.1, -0.05) is 6.07 Å². The summed E-state index contributed by atoms with van der Waals surface area (Å²) in [6.07, 6.45) is 0.419. The summed E-state index contributed by atoms with van der Waals surface area (Å²) in [5.74, 6) is -2.43. The Morgan fingerprint density at radius 1 is 1.47 bits per heavy atom. The zero-order valence-electron chi connectivity index (χ0n) is 10.1. The molecule has 19 heavy (non-hydrogen) atoms. The lowest BCUT2D eigenvalue weighted by molar-refractivity contribution is -0.122. The van der Waals surface area contributed by atoms with Crippen molar-refractivity contribution in [1.82, 2.24) is 4.90 Å². The number of benzene rings is 1. The minimum Gasteiger partial charge on any atom is -0.368 e. The summed E-state index contributed by atoms with van der Waals surface area (Å²) in [6.45, 7) is 0.528. The minimum absolute atomic E-state index is 0.0911. The highest BCUT2D eigenvalue weighted by Gasteiger charge is 2.36. The predicted molar refractivity (Wildman–Crippen MR) is 63.9 cm³/mol. The molecular formula is C13H13F2N3O. The molecule has 1 saturated heterocycles. The van der Waals surface area contributed by atoms with Crippen LogP contribution in [0, 0.1) is 23.0 Å². The molecular weight excluding hydrogens is 252 g/mol. The second-order valence-corrected chi connectivity index (χ2v) is 4.61. The first-order valence-electron chi connectivity index (χ1n) is 5.88. The summed E-state index contributed by atoms with van der Waals surface area (Å²) >= 11 is 0. The number of rotatable bonds is 3. The first kappa shape index (κ1) is 13.4. The molecule has 0 bridgehead atoms. The molecule has 0 spiro atoms. The number of hydrogen-bond acceptors (Lipinski definition) is 3. The first-order chi connectivity index (χ1) is 9.02. The van der Waals surface area contributed by atoms with Gasteiger partial charge in [0.2, 0.25) is 5.91 Å². The standard InChI is InChI=1S/C13H13F2N3O/c14-10-2-1-8(5-11(10)15)9-6-12(13(17)19)18(7-9)4-3-16/h1-2,5,9,12H,4,6-7H2,(H2,17,19)/t9-,12?/m0/s1. The topological polar surface area (TPSA) is 70.1 Å². The quantitative estimate of drug-likeness (QED) is 0.833. The van der Waals surface area contributed by atoms with Gasteiger partial charge in [0, 0.05) is 6.54 Å². The highest BCUT2D eigenvalue weighted by atomic mass is 19.2. The number of likely N-dealkylation sites (tertiary alicyclic amines) is 1. The molecule has 1 amide bonds. The second-order valence-electron chi connectivity index (χ2n) is 4.61. The van der Waals surface area contributed by atoms with Crippen molar-refractivity contribution in [2.45, 2.75) is 18.4 Å². The molecule has 6 heteroatoms. The summed E-state index contributed by atoms with van der Waals surface area (Å²) in [6, 6.07) is 5.14. The van der Waals surface area contributed by atoms with E-state index >= 15 is 0 Å². The van der Waals surface area contributed by atoms with Crippen LogP contribution in [0.2, 0.25) is 0 Å². The number of nitrogens with zero attached hydrogens (tertiary/aromatic N) is 2. The van der Waals surface area contributed by atoms with Crippen LogP contribution in [0.3, 0.4) is 0 Å². The van der Waals surface area contributed by atoms with Gasteiger partial charge in [0.15, 0.2) is 11.6 Å². The lowest BCUT2D eigenvalue weighted by atomic mass is 9.96. The maximum atomic E-state index is 13.2. The third kappa shape index (κ3) is 2.71. The number of carbonyl (C=O) groups excluding carboxylic acids is 1. The number of halogens is 2. The SMILES string of the molecule is N#CCN1C[C@@H](c2ccc(F)c(F)c2)CC1C(N)=O. The molecule has 1 heterocycles. The lowest BCUT2D eigenvalue weighted by Crippen LogP contribution is -2.40. The fourth-order valence-corrected chi connectivity index (χ4v) is 2.47. The lowest BCUT2D eigenvalue weighted by Gasteiger charge is -2.17. The number of carbonyl (C=O) groups is 1. The molecule has 1 aromatic rings. The fraction of sp³-hybridized carbons (Fsp3) is 0.385. The van der Waals surface area contributed by atoms with Crippen LogP contribution in [0.25, 0.3) is 0 Å². The van der Waals surface area contributed by atoms with Crippen molar-refractivity contribution in [3.8, 4) is 6.07 Å². The van der Waals surface area contributed by atoms with Gasteiger partial charge in [-0.2, -0.15) is 5.26 Å². The Labute approximate surface area is 109 Å². The second kappa shape index (κ2) is 5.33. The van der Waals surface area contributed by atoms with Crippen LogP contribution in [-0.2, 0) is 4.79 Å². The Kier molecular flexibility index (Phi) is 3.76. The van der Waals surface area contributed by atoms with E-state index in [0.29, 0.717) is 18.5 Å². The Morgan fingerprint density at radius 3 is 2.79 bits per heavy atom. The van der Waals surface area contributed by atoms with E-state index in [1.54, 1.807) is 4.90 Å². The first-order valence-corrected chi connectivity index (χ1v) is 5.88. The van der Waals surface area contributed by atoms with Crippen molar-refractivity contribution < 1.29 is 13.6 Å². The fourth-order valence-electron chi connectivity index (χ4n) is 2.47. The van der Waals surface area contributed by atoms with Gasteiger partial charge in [-0.25, -0.2) is 8.78 Å². The highest BCUT2D eigenvalue weighted by Crippen LogP contribution is 2.32. The number of nitrogens with two attached hydrogens (primary N) is 1. The normalized spacial score (nSPS) is 23.2. The van der Waals surface area contributed by atoms with E-state index in [-0.39, 0.29) is 12.5 Å². The van der Waals surface area contributed by atoms with Gasteiger partial charge >= 0.3 is 0 Å². The molecule has 4 nitrogen and oxygen atoms in total. The van der Waals surface area contributed by atoms with Crippen LogP contribution >= 0.6 is 0 Å². The number of primary amides is 1. The van der Waals surface area contributed by atoms with Gasteiger partial charge in [0.05, 0.1) is 18.7 Å². The molecule has 1 aliphatic rings. The summed E-state index contributed by atoms with van der Waals surface area (Å²) in [4.78, 5) is 13.0. The van der Waals surface area contributed by atoms with Crippen molar-refractivity contribution in [3.05, 3.63) is 35.4 Å². The van der Waals surface area contributed by atoms with Crippen molar-refractivity contribution in [2.24, 2.45) is 5.73 Å². The van der Waals surface area contributed by atoms with Crippen molar-refractivity contribution in [1.29, 1.82) is 5.26 Å². The van der Waals surface area contributed by atoms with Crippen LogP contribution < -0.4 is 5.73 Å². The zero-order valence-corrected chi connectivity index (χ0v) is 10.1. The maximum Gasteiger partial charge on any atom is 0.234 e. The van der Waals surface area contributed by atoms with Crippen LogP contribution in [0.4, 0.5) is 8.78 Å². The number of amides is 1. The molecule has 1 unspecified atom stereocenters. The van der Waals surface area contributed by atoms with E-state index in [4.69, 9.17) is 11.0 Å². The average molecular weight is 265 g/mol. The number of hydrogen-bond donors (Lipinski definition) is 1. The maximum absolute atomic E-state index is 13.2. The Bertz CT molecular complexity index is 541. The van der Waals surface area contributed by atoms with Crippen LogP contribution in [0.5, 0.6) is 0 Å². The van der Waals surface area contributed by atoms with Gasteiger partial charge in [-0.3, -0.25) is 9.69 Å².